The molecule has 1 aromatic carbocycles. The Hall–Kier alpha value is -3.16. The molecule has 1 aliphatic heterocycles. The highest BCUT2D eigenvalue weighted by Gasteiger charge is 2.26. The van der Waals surface area contributed by atoms with E-state index in [4.69, 9.17) is 0 Å². The number of guanidine groups is 1. The molecule has 1 aliphatic rings. The summed E-state index contributed by atoms with van der Waals surface area (Å²) in [6.45, 7) is 5.09. The van der Waals surface area contributed by atoms with E-state index in [1.54, 1.807) is 17.2 Å². The number of pyridine rings is 1. The molecule has 2 aromatic rings. The van der Waals surface area contributed by atoms with Gasteiger partial charge in [0.25, 0.3) is 0 Å². The summed E-state index contributed by atoms with van der Waals surface area (Å²) in [6, 6.07) is 13.1. The molecule has 0 spiro atoms. The molecule has 0 aliphatic carbocycles. The van der Waals surface area contributed by atoms with Crippen LogP contribution in [-0.2, 0) is 11.3 Å². The average Bonchev–Trinajstić information content (AvgIpc) is 3.23. The molecule has 0 radical (unpaired) electrons. The monoisotopic (exact) mass is 426 g/mol. The molecule has 1 fully saturated rings. The van der Waals surface area contributed by atoms with E-state index in [9.17, 15) is 9.18 Å². The number of carbonyl (C=O) groups excluding carboxylic acids is 1. The number of hydrogen-bond donors (Lipinski definition) is 2. The fourth-order valence-corrected chi connectivity index (χ4v) is 3.59. The molecule has 1 saturated heterocycles. The normalized spacial score (nSPS) is 16.3. The lowest BCUT2D eigenvalue weighted by Gasteiger charge is -2.20. The molecule has 1 aromatic heterocycles. The topological polar surface area (TPSA) is 72.9 Å². The van der Waals surface area contributed by atoms with Gasteiger partial charge in [-0.3, -0.25) is 9.79 Å². The highest BCUT2D eigenvalue weighted by Crippen LogP contribution is 2.20. The van der Waals surface area contributed by atoms with Crippen LogP contribution in [0.1, 0.15) is 25.3 Å². The number of anilines is 1. The van der Waals surface area contributed by atoms with E-state index in [1.165, 1.54) is 6.07 Å². The summed E-state index contributed by atoms with van der Waals surface area (Å²) >= 11 is 0. The van der Waals surface area contributed by atoms with Crippen molar-refractivity contribution in [1.29, 1.82) is 0 Å². The van der Waals surface area contributed by atoms with Crippen molar-refractivity contribution in [3.63, 3.8) is 0 Å². The summed E-state index contributed by atoms with van der Waals surface area (Å²) in [5, 5.41) is 6.63. The van der Waals surface area contributed by atoms with E-state index in [0.717, 1.165) is 25.1 Å². The molecule has 8 heteroatoms. The zero-order valence-electron chi connectivity index (χ0n) is 18.2. The van der Waals surface area contributed by atoms with Gasteiger partial charge >= 0.3 is 0 Å². The molecule has 166 valence electrons. The number of hydrogen-bond acceptors (Lipinski definition) is 4. The number of carbonyl (C=O) groups is 1. The summed E-state index contributed by atoms with van der Waals surface area (Å²) in [6.07, 6.45) is 2.81. The first kappa shape index (κ1) is 22.5. The van der Waals surface area contributed by atoms with Crippen molar-refractivity contribution < 1.29 is 9.18 Å². The summed E-state index contributed by atoms with van der Waals surface area (Å²) in [5.41, 5.74) is 1.10. The van der Waals surface area contributed by atoms with Gasteiger partial charge in [-0.2, -0.15) is 0 Å². The number of nitrogens with zero attached hydrogens (tertiary/aromatic N) is 4. The number of aromatic nitrogens is 1. The van der Waals surface area contributed by atoms with Gasteiger partial charge in [0.1, 0.15) is 0 Å². The van der Waals surface area contributed by atoms with Gasteiger partial charge in [-0.05, 0) is 31.0 Å². The highest BCUT2D eigenvalue weighted by atomic mass is 19.1. The van der Waals surface area contributed by atoms with E-state index < -0.39 is 0 Å². The van der Waals surface area contributed by atoms with Crippen LogP contribution >= 0.6 is 0 Å². The first-order valence-electron chi connectivity index (χ1n) is 10.7. The van der Waals surface area contributed by atoms with E-state index in [-0.39, 0.29) is 17.8 Å². The van der Waals surface area contributed by atoms with E-state index >= 15 is 0 Å². The minimum Gasteiger partial charge on any atom is -0.357 e. The largest absolute Gasteiger partial charge is 0.357 e. The Bertz CT molecular complexity index is 875. The zero-order chi connectivity index (χ0) is 22.1. The first-order chi connectivity index (χ1) is 15.1. The van der Waals surface area contributed by atoms with Crippen LogP contribution in [0.3, 0.4) is 0 Å². The van der Waals surface area contributed by atoms with E-state index in [1.807, 2.05) is 49.2 Å². The van der Waals surface area contributed by atoms with E-state index in [2.05, 4.69) is 20.6 Å². The zero-order valence-corrected chi connectivity index (χ0v) is 18.2. The lowest BCUT2D eigenvalue weighted by molar-refractivity contribution is -0.130. The molecule has 0 saturated carbocycles. The molecule has 3 rings (SSSR count). The van der Waals surface area contributed by atoms with Crippen molar-refractivity contribution >= 4 is 17.7 Å². The molecular weight excluding hydrogens is 395 g/mol. The SMILES string of the molecule is CCNC(=NCCC(=O)N(C)Cc1ccccc1)NC1CCN(c2ncccc2F)C1. The molecule has 2 N–H and O–H groups in total. The third kappa shape index (κ3) is 6.67. The van der Waals surface area contributed by atoms with Crippen molar-refractivity contribution in [2.24, 2.45) is 4.99 Å². The van der Waals surface area contributed by atoms with Crippen molar-refractivity contribution in [3.8, 4) is 0 Å². The van der Waals surface area contributed by atoms with Crippen molar-refractivity contribution in [2.45, 2.75) is 32.4 Å². The molecule has 0 bridgehead atoms. The van der Waals surface area contributed by atoms with Gasteiger partial charge in [-0.15, -0.1) is 0 Å². The Morgan fingerprint density at radius 2 is 2.10 bits per heavy atom. The van der Waals surface area contributed by atoms with Gasteiger partial charge in [-0.25, -0.2) is 9.37 Å². The maximum Gasteiger partial charge on any atom is 0.224 e. The van der Waals surface area contributed by atoms with Crippen LogP contribution in [0.15, 0.2) is 53.7 Å². The van der Waals surface area contributed by atoms with Gasteiger partial charge in [0, 0.05) is 51.9 Å². The Labute approximate surface area is 183 Å². The van der Waals surface area contributed by atoms with Crippen molar-refractivity contribution in [3.05, 3.63) is 60.0 Å². The Morgan fingerprint density at radius 1 is 1.29 bits per heavy atom. The van der Waals surface area contributed by atoms with Crippen LogP contribution < -0.4 is 15.5 Å². The highest BCUT2D eigenvalue weighted by molar-refractivity contribution is 5.81. The third-order valence-corrected chi connectivity index (χ3v) is 5.20. The minimum atomic E-state index is -0.304. The van der Waals surface area contributed by atoms with Gasteiger partial charge in [0.05, 0.1) is 6.54 Å². The van der Waals surface area contributed by atoms with Crippen LogP contribution in [0, 0.1) is 5.82 Å². The molecule has 2 heterocycles. The Balaban J connectivity index is 1.48. The predicted molar refractivity (Wildman–Crippen MR) is 121 cm³/mol. The Morgan fingerprint density at radius 3 is 2.84 bits per heavy atom. The number of benzene rings is 1. The average molecular weight is 427 g/mol. The van der Waals surface area contributed by atoms with Crippen LogP contribution in [0.5, 0.6) is 0 Å². The molecule has 1 atom stereocenters. The molecule has 7 nitrogen and oxygen atoms in total. The molecule has 1 unspecified atom stereocenters. The van der Waals surface area contributed by atoms with Crippen molar-refractivity contribution in [1.82, 2.24) is 20.5 Å². The molecule has 31 heavy (non-hydrogen) atoms. The summed E-state index contributed by atoms with van der Waals surface area (Å²) < 4.78 is 14.0. The number of amides is 1. The quantitative estimate of drug-likeness (QED) is 0.501. The summed E-state index contributed by atoms with van der Waals surface area (Å²) in [7, 11) is 1.81. The third-order valence-electron chi connectivity index (χ3n) is 5.20. The maximum atomic E-state index is 14.0. The Kier molecular flexibility index (Phi) is 8.20. The smallest absolute Gasteiger partial charge is 0.224 e. The number of rotatable bonds is 8. The van der Waals surface area contributed by atoms with E-state index in [0.29, 0.717) is 37.8 Å². The predicted octanol–water partition coefficient (Wildman–Crippen LogP) is 2.40. The standard InChI is InChI=1S/C23H31FN6O/c1-3-25-23(27-14-11-21(31)29(2)16-18-8-5-4-6-9-18)28-19-12-15-30(17-19)22-20(24)10-7-13-26-22/h4-10,13,19H,3,11-12,14-17H2,1-2H3,(H2,25,27,28). The fraction of sp³-hybridized carbons (Fsp3) is 0.435. The molecule has 1 amide bonds. The number of aliphatic imine (C=N–C) groups is 1. The van der Waals surface area contributed by atoms with Crippen LogP contribution in [0.25, 0.3) is 0 Å². The van der Waals surface area contributed by atoms with Gasteiger partial charge < -0.3 is 20.4 Å². The van der Waals surface area contributed by atoms with Crippen LogP contribution in [0.4, 0.5) is 10.2 Å². The minimum absolute atomic E-state index is 0.0566. The second kappa shape index (κ2) is 11.3. The molecular formula is C23H31FN6O. The second-order valence-corrected chi connectivity index (χ2v) is 7.63. The maximum absolute atomic E-state index is 14.0. The lowest BCUT2D eigenvalue weighted by atomic mass is 10.2. The van der Waals surface area contributed by atoms with Gasteiger partial charge in [0.15, 0.2) is 17.6 Å². The van der Waals surface area contributed by atoms with Crippen LogP contribution in [-0.4, -0.2) is 61.0 Å². The number of halogens is 1. The summed E-state index contributed by atoms with van der Waals surface area (Å²) in [4.78, 5) is 24.8. The summed E-state index contributed by atoms with van der Waals surface area (Å²) in [5.74, 6) is 0.818. The van der Waals surface area contributed by atoms with Gasteiger partial charge in [0.2, 0.25) is 5.91 Å². The first-order valence-corrected chi connectivity index (χ1v) is 10.7. The van der Waals surface area contributed by atoms with Gasteiger partial charge in [-0.1, -0.05) is 30.3 Å². The number of nitrogens with one attached hydrogen (secondary N) is 2. The second-order valence-electron chi connectivity index (χ2n) is 7.63. The lowest BCUT2D eigenvalue weighted by Crippen LogP contribution is -2.44. The van der Waals surface area contributed by atoms with Crippen LogP contribution in [0.2, 0.25) is 0 Å². The van der Waals surface area contributed by atoms with Crippen molar-refractivity contribution in [2.75, 3.05) is 38.1 Å². The fourth-order valence-electron chi connectivity index (χ4n) is 3.59.